The van der Waals surface area contributed by atoms with E-state index in [4.69, 9.17) is 10.6 Å². The summed E-state index contributed by atoms with van der Waals surface area (Å²) in [6.45, 7) is 2.15. The average molecular weight is 529 g/mol. The molecule has 0 spiro atoms. The number of nitrogens with zero attached hydrogens (tertiary/aromatic N) is 6. The second-order valence-corrected chi connectivity index (χ2v) is 10.0. The minimum atomic E-state index is -1.46. The molecule has 2 amide bonds. The predicted octanol–water partition coefficient (Wildman–Crippen LogP) is -1.58. The van der Waals surface area contributed by atoms with Gasteiger partial charge in [0.05, 0.1) is 11.7 Å². The van der Waals surface area contributed by atoms with Crippen molar-refractivity contribution in [2.45, 2.75) is 24.9 Å². The smallest absolute Gasteiger partial charge is 0.311 e. The van der Waals surface area contributed by atoms with Crippen molar-refractivity contribution >= 4 is 57.4 Å². The van der Waals surface area contributed by atoms with Crippen LogP contribution in [0.2, 0.25) is 0 Å². The topological polar surface area (TPSA) is 172 Å². The van der Waals surface area contributed by atoms with Crippen LogP contribution >= 0.6 is 23.1 Å². The number of amides is 2. The highest BCUT2D eigenvalue weighted by atomic mass is 32.2. The van der Waals surface area contributed by atoms with Gasteiger partial charge in [0.15, 0.2) is 10.8 Å². The van der Waals surface area contributed by atoms with E-state index in [9.17, 15) is 19.5 Å². The molecule has 0 aromatic carbocycles. The van der Waals surface area contributed by atoms with Gasteiger partial charge in [0, 0.05) is 22.3 Å². The van der Waals surface area contributed by atoms with Crippen LogP contribution in [0.15, 0.2) is 46.5 Å². The third-order valence-electron chi connectivity index (χ3n) is 5.78. The molecule has 3 N–H and O–H groups in total. The average Bonchev–Trinajstić information content (AvgIpc) is 3.47. The van der Waals surface area contributed by atoms with E-state index in [1.165, 1.54) is 18.9 Å². The van der Waals surface area contributed by atoms with Gasteiger partial charge in [-0.2, -0.15) is 0 Å². The number of carboxylic acids is 1. The molecule has 186 valence electrons. The molecule has 2 aliphatic heterocycles. The van der Waals surface area contributed by atoms with Crippen molar-refractivity contribution < 1.29 is 28.8 Å². The number of aliphatic carboxylic acids is 1. The molecule has 0 saturated carbocycles. The van der Waals surface area contributed by atoms with E-state index in [0.29, 0.717) is 11.3 Å². The van der Waals surface area contributed by atoms with Gasteiger partial charge in [-0.15, -0.1) is 27.6 Å². The van der Waals surface area contributed by atoms with Crippen LogP contribution in [0.4, 0.5) is 5.13 Å². The lowest BCUT2D eigenvalue weighted by molar-refractivity contribution is -0.578. The van der Waals surface area contributed by atoms with Crippen LogP contribution in [0.5, 0.6) is 0 Å². The van der Waals surface area contributed by atoms with E-state index >= 15 is 0 Å². The molecule has 5 heterocycles. The Morgan fingerprint density at radius 3 is 2.94 bits per heavy atom. The number of anilines is 1. The van der Waals surface area contributed by atoms with Gasteiger partial charge in [0.2, 0.25) is 6.33 Å². The van der Waals surface area contributed by atoms with Crippen molar-refractivity contribution in [3.63, 3.8) is 0 Å². The van der Waals surface area contributed by atoms with E-state index < -0.39 is 29.2 Å². The molecule has 0 bridgehead atoms. The molecule has 1 saturated heterocycles. The van der Waals surface area contributed by atoms with Gasteiger partial charge < -0.3 is 25.8 Å². The maximum Gasteiger partial charge on any atom is 0.311 e. The Bertz CT molecular complexity index is 1460. The zero-order chi connectivity index (χ0) is 25.6. The summed E-state index contributed by atoms with van der Waals surface area (Å²) in [6.07, 6.45) is 3.41. The number of hydrogen-bond acceptors (Lipinski definition) is 11. The lowest BCUT2D eigenvalue weighted by atomic mass is 10.0. The number of aromatic nitrogens is 4. The zero-order valence-electron chi connectivity index (χ0n) is 19.1. The number of thiazole rings is 1. The number of hydrogen-bond donors (Lipinski definition) is 2. The van der Waals surface area contributed by atoms with Crippen molar-refractivity contribution in [3.05, 3.63) is 52.6 Å². The monoisotopic (exact) mass is 528 g/mol. The SMILES string of the molecule is CO/N=C(\C(=O)N[C@@H]1C(=O)N2C(C(=O)[O-])=C(Cn3cn[n+]4cccc(C)c34)CS[C@H]12)c1csc(N)n1. The first-order valence-electron chi connectivity index (χ1n) is 10.6. The first-order valence-corrected chi connectivity index (χ1v) is 12.6. The molecular weight excluding hydrogens is 508 g/mol. The van der Waals surface area contributed by atoms with Crippen molar-refractivity contribution in [1.82, 2.24) is 24.9 Å². The minimum Gasteiger partial charge on any atom is -0.543 e. The highest BCUT2D eigenvalue weighted by molar-refractivity contribution is 8.00. The third kappa shape index (κ3) is 3.95. The highest BCUT2D eigenvalue weighted by Gasteiger charge is 2.53. The highest BCUT2D eigenvalue weighted by Crippen LogP contribution is 2.40. The maximum atomic E-state index is 13.0. The third-order valence-corrected chi connectivity index (χ3v) is 7.79. The number of aryl methyl sites for hydroxylation is 1. The van der Waals surface area contributed by atoms with Gasteiger partial charge in [-0.1, -0.05) is 5.16 Å². The van der Waals surface area contributed by atoms with Crippen molar-refractivity contribution in [2.24, 2.45) is 5.16 Å². The molecule has 5 rings (SSSR count). The number of fused-ring (bicyclic) bond motifs is 2. The summed E-state index contributed by atoms with van der Waals surface area (Å²) < 4.78 is 3.52. The normalized spacial score (nSPS) is 19.8. The lowest BCUT2D eigenvalue weighted by Gasteiger charge is -2.50. The summed E-state index contributed by atoms with van der Waals surface area (Å²) in [5.74, 6) is -2.39. The van der Waals surface area contributed by atoms with Gasteiger partial charge in [0.25, 0.3) is 11.8 Å². The molecule has 0 aliphatic carbocycles. The second kappa shape index (κ2) is 9.23. The Morgan fingerprint density at radius 2 is 2.25 bits per heavy atom. The molecule has 2 atom stereocenters. The Morgan fingerprint density at radius 1 is 1.44 bits per heavy atom. The molecule has 13 nitrogen and oxygen atoms in total. The van der Waals surface area contributed by atoms with Gasteiger partial charge in [-0.3, -0.25) is 14.5 Å². The number of nitrogens with two attached hydrogens (primary N) is 1. The number of thioether (sulfide) groups is 1. The van der Waals surface area contributed by atoms with E-state index in [2.05, 4.69) is 20.6 Å². The van der Waals surface area contributed by atoms with Crippen LogP contribution < -0.4 is 20.7 Å². The van der Waals surface area contributed by atoms with Crippen LogP contribution in [-0.4, -0.2) is 67.3 Å². The zero-order valence-corrected chi connectivity index (χ0v) is 20.7. The number of pyridine rings is 1. The Balaban J connectivity index is 1.38. The Hall–Kier alpha value is -3.98. The Kier molecular flexibility index (Phi) is 6.09. The fraction of sp³-hybridized carbons (Fsp3) is 0.286. The summed E-state index contributed by atoms with van der Waals surface area (Å²) in [6, 6.07) is 2.84. The summed E-state index contributed by atoms with van der Waals surface area (Å²) >= 11 is 2.47. The molecule has 1 fully saturated rings. The molecule has 15 heteroatoms. The van der Waals surface area contributed by atoms with Crippen LogP contribution in [-0.2, 0) is 25.8 Å². The number of carbonyl (C=O) groups excluding carboxylic acids is 3. The number of carbonyl (C=O) groups is 3. The van der Waals surface area contributed by atoms with Gasteiger partial charge in [-0.05, 0) is 24.2 Å². The van der Waals surface area contributed by atoms with E-state index in [1.807, 2.05) is 23.6 Å². The molecule has 3 aromatic heterocycles. The molecule has 36 heavy (non-hydrogen) atoms. The summed E-state index contributed by atoms with van der Waals surface area (Å²) in [5.41, 5.74) is 7.80. The number of nitrogen functional groups attached to an aromatic ring is 1. The quantitative estimate of drug-likeness (QED) is 0.159. The molecular formula is C21H20N8O5S2. The number of rotatable bonds is 7. The fourth-order valence-corrected chi connectivity index (χ4v) is 6.12. The number of oxime groups is 1. The Labute approximate surface area is 212 Å². The number of carboxylic acid groups (broad SMARTS) is 1. The molecule has 0 unspecified atom stereocenters. The first kappa shape index (κ1) is 23.7. The van der Waals surface area contributed by atoms with E-state index in [1.54, 1.807) is 22.4 Å². The molecule has 0 radical (unpaired) electrons. The van der Waals surface area contributed by atoms with Gasteiger partial charge in [-0.25, -0.2) is 9.55 Å². The molecule has 2 aliphatic rings. The van der Waals surface area contributed by atoms with Crippen LogP contribution in [0, 0.1) is 6.92 Å². The first-order chi connectivity index (χ1) is 17.3. The summed E-state index contributed by atoms with van der Waals surface area (Å²) in [5, 5.41) is 23.9. The maximum absolute atomic E-state index is 13.0. The fourth-order valence-electron chi connectivity index (χ4n) is 4.24. The minimum absolute atomic E-state index is 0.145. The van der Waals surface area contributed by atoms with Gasteiger partial charge >= 0.3 is 5.65 Å². The van der Waals surface area contributed by atoms with Crippen LogP contribution in [0.25, 0.3) is 5.65 Å². The number of β-lactam (4-membered cyclic amide) rings is 1. The van der Waals surface area contributed by atoms with Crippen LogP contribution in [0.1, 0.15) is 11.3 Å². The van der Waals surface area contributed by atoms with E-state index in [0.717, 1.165) is 27.4 Å². The summed E-state index contributed by atoms with van der Waals surface area (Å²) in [7, 11) is 1.28. The summed E-state index contributed by atoms with van der Waals surface area (Å²) in [4.78, 5) is 48.0. The van der Waals surface area contributed by atoms with Crippen molar-refractivity contribution in [2.75, 3.05) is 18.6 Å². The largest absolute Gasteiger partial charge is 0.543 e. The predicted molar refractivity (Wildman–Crippen MR) is 127 cm³/mol. The lowest BCUT2D eigenvalue weighted by Crippen LogP contribution is -2.71. The van der Waals surface area contributed by atoms with Crippen molar-refractivity contribution in [1.29, 1.82) is 0 Å². The second-order valence-electron chi connectivity index (χ2n) is 8.01. The van der Waals surface area contributed by atoms with Crippen LogP contribution in [0.3, 0.4) is 0 Å². The van der Waals surface area contributed by atoms with E-state index in [-0.39, 0.29) is 28.8 Å². The van der Waals surface area contributed by atoms with Crippen molar-refractivity contribution in [3.8, 4) is 0 Å². The molecule has 3 aromatic rings. The standard InChI is InChI=1S/C21H20N8O5S2/c1-10-4-3-5-28-17(10)27(9-23-28)6-11-7-35-19-14(18(31)29(19)15(11)20(32)33)25-16(30)13(26-34-2)12-8-36-21(22)24-12/h3-5,8-9,14,19H,6-7H2,1-2H3,(H3-,22,24,25,30,32,33)/b26-13-/t14-,19-/m1/s1. The number of nitrogens with one attached hydrogen (secondary N) is 1. The van der Waals surface area contributed by atoms with Gasteiger partial charge in [0.1, 0.15) is 37.0 Å².